The Morgan fingerprint density at radius 1 is 1.22 bits per heavy atom. The fraction of sp³-hybridized carbons (Fsp3) is 0.462. The number of carbonyl (C=O) groups is 1. The smallest absolute Gasteiger partial charge is 0.204 e. The van der Waals surface area contributed by atoms with E-state index >= 15 is 0 Å². The average Bonchev–Trinajstić information content (AvgIpc) is 2.36. The quantitative estimate of drug-likeness (QED) is 0.789. The molecular formula is C13H18O5. The monoisotopic (exact) mass is 254 g/mol. The summed E-state index contributed by atoms with van der Waals surface area (Å²) in [5, 5.41) is 19.5. The summed E-state index contributed by atoms with van der Waals surface area (Å²) in [6.07, 6.45) is 0.643. The number of hydrogen-bond donors (Lipinski definition) is 2. The molecule has 0 aliphatic carbocycles. The van der Waals surface area contributed by atoms with Crippen molar-refractivity contribution in [3.63, 3.8) is 0 Å². The first kappa shape index (κ1) is 14.2. The van der Waals surface area contributed by atoms with Gasteiger partial charge in [0.25, 0.3) is 0 Å². The fourth-order valence-corrected chi connectivity index (χ4v) is 1.68. The van der Waals surface area contributed by atoms with Crippen LogP contribution in [-0.2, 0) is 0 Å². The van der Waals surface area contributed by atoms with Crippen LogP contribution in [0.15, 0.2) is 6.07 Å². The second kappa shape index (κ2) is 5.62. The Morgan fingerprint density at radius 2 is 1.78 bits per heavy atom. The van der Waals surface area contributed by atoms with Crippen molar-refractivity contribution < 1.29 is 24.5 Å². The van der Waals surface area contributed by atoms with Crippen molar-refractivity contribution in [3.05, 3.63) is 11.6 Å². The van der Waals surface area contributed by atoms with Gasteiger partial charge in [-0.1, -0.05) is 13.8 Å². The van der Waals surface area contributed by atoms with Crippen LogP contribution in [0.1, 0.15) is 30.6 Å². The number of Topliss-reactive ketones (excluding diaryl/α,β-unsaturated/α-hetero) is 1. The first-order valence-electron chi connectivity index (χ1n) is 5.68. The van der Waals surface area contributed by atoms with Gasteiger partial charge in [0.05, 0.1) is 14.2 Å². The first-order chi connectivity index (χ1) is 8.47. The van der Waals surface area contributed by atoms with Crippen LogP contribution in [-0.4, -0.2) is 30.2 Å². The molecule has 100 valence electrons. The molecule has 0 aliphatic heterocycles. The highest BCUT2D eigenvalue weighted by molar-refractivity contribution is 6.03. The highest BCUT2D eigenvalue weighted by Gasteiger charge is 2.27. The van der Waals surface area contributed by atoms with E-state index in [0.29, 0.717) is 6.42 Å². The molecule has 0 aromatic heterocycles. The van der Waals surface area contributed by atoms with Crippen LogP contribution in [0.25, 0.3) is 0 Å². The molecule has 0 aliphatic rings. The van der Waals surface area contributed by atoms with Crippen molar-refractivity contribution in [2.24, 2.45) is 5.92 Å². The van der Waals surface area contributed by atoms with Crippen LogP contribution in [0, 0.1) is 5.92 Å². The zero-order chi connectivity index (χ0) is 13.9. The summed E-state index contributed by atoms with van der Waals surface area (Å²) in [6.45, 7) is 3.64. The van der Waals surface area contributed by atoms with Crippen LogP contribution < -0.4 is 9.47 Å². The van der Waals surface area contributed by atoms with Gasteiger partial charge in [0.1, 0.15) is 11.3 Å². The maximum Gasteiger partial charge on any atom is 0.204 e. The number of ketones is 1. The summed E-state index contributed by atoms with van der Waals surface area (Å²) >= 11 is 0. The van der Waals surface area contributed by atoms with Gasteiger partial charge in [0.2, 0.25) is 5.75 Å². The largest absolute Gasteiger partial charge is 0.507 e. The highest BCUT2D eigenvalue weighted by atomic mass is 16.5. The molecule has 1 aromatic carbocycles. The Balaban J connectivity index is 3.47. The molecule has 5 heteroatoms. The molecular weight excluding hydrogens is 236 g/mol. The van der Waals surface area contributed by atoms with Crippen molar-refractivity contribution in [2.75, 3.05) is 14.2 Å². The molecule has 0 amide bonds. The van der Waals surface area contributed by atoms with Crippen molar-refractivity contribution in [1.29, 1.82) is 0 Å². The minimum atomic E-state index is -0.310. The van der Waals surface area contributed by atoms with Gasteiger partial charge >= 0.3 is 0 Å². The van der Waals surface area contributed by atoms with E-state index in [2.05, 4.69) is 0 Å². The van der Waals surface area contributed by atoms with E-state index < -0.39 is 0 Å². The summed E-state index contributed by atoms with van der Waals surface area (Å²) in [5.41, 5.74) is 0.0431. The Labute approximate surface area is 106 Å². The molecule has 0 spiro atoms. The van der Waals surface area contributed by atoms with E-state index in [1.54, 1.807) is 6.92 Å². The molecule has 1 rings (SSSR count). The Bertz CT molecular complexity index is 453. The van der Waals surface area contributed by atoms with Gasteiger partial charge in [-0.2, -0.15) is 0 Å². The van der Waals surface area contributed by atoms with E-state index in [1.807, 2.05) is 6.92 Å². The minimum absolute atomic E-state index is 0.0431. The predicted octanol–water partition coefficient (Wildman–Crippen LogP) is 2.34. The SMILES string of the molecule is CCC(C)C(=O)c1c(O)cc(O)c(OC)c1OC. The molecule has 2 N–H and O–H groups in total. The normalized spacial score (nSPS) is 12.0. The zero-order valence-electron chi connectivity index (χ0n) is 11.0. The third-order valence-corrected chi connectivity index (χ3v) is 2.91. The van der Waals surface area contributed by atoms with Gasteiger partial charge in [0.15, 0.2) is 17.3 Å². The van der Waals surface area contributed by atoms with Crippen molar-refractivity contribution in [3.8, 4) is 23.0 Å². The van der Waals surface area contributed by atoms with Gasteiger partial charge in [-0.05, 0) is 6.42 Å². The summed E-state index contributed by atoms with van der Waals surface area (Å²) in [7, 11) is 2.70. The molecule has 0 heterocycles. The molecule has 0 radical (unpaired) electrons. The number of benzene rings is 1. The van der Waals surface area contributed by atoms with Crippen molar-refractivity contribution in [2.45, 2.75) is 20.3 Å². The summed E-state index contributed by atoms with van der Waals surface area (Å²) in [4.78, 5) is 12.2. The maximum atomic E-state index is 12.2. The lowest BCUT2D eigenvalue weighted by Gasteiger charge is -2.16. The second-order valence-corrected chi connectivity index (χ2v) is 4.03. The molecule has 18 heavy (non-hydrogen) atoms. The van der Waals surface area contributed by atoms with Crippen LogP contribution in [0.5, 0.6) is 23.0 Å². The topological polar surface area (TPSA) is 76.0 Å². The minimum Gasteiger partial charge on any atom is -0.507 e. The lowest BCUT2D eigenvalue weighted by atomic mass is 9.95. The zero-order valence-corrected chi connectivity index (χ0v) is 11.0. The van der Waals surface area contributed by atoms with E-state index in [-0.39, 0.29) is 40.3 Å². The van der Waals surface area contributed by atoms with Crippen molar-refractivity contribution >= 4 is 5.78 Å². The second-order valence-electron chi connectivity index (χ2n) is 4.03. The van der Waals surface area contributed by atoms with E-state index in [9.17, 15) is 15.0 Å². The Morgan fingerprint density at radius 3 is 2.22 bits per heavy atom. The Hall–Kier alpha value is -1.91. The van der Waals surface area contributed by atoms with Gasteiger partial charge in [-0.25, -0.2) is 0 Å². The number of ether oxygens (including phenoxy) is 2. The highest BCUT2D eigenvalue weighted by Crippen LogP contribution is 2.45. The number of carbonyl (C=O) groups excluding carboxylic acids is 1. The van der Waals surface area contributed by atoms with E-state index in [0.717, 1.165) is 6.07 Å². The van der Waals surface area contributed by atoms with Crippen molar-refractivity contribution in [1.82, 2.24) is 0 Å². The average molecular weight is 254 g/mol. The van der Waals surface area contributed by atoms with Crippen LogP contribution in [0.4, 0.5) is 0 Å². The third kappa shape index (κ3) is 2.34. The standard InChI is InChI=1S/C13H18O5/c1-5-7(2)11(16)10-8(14)6-9(15)12(17-3)13(10)18-4/h6-7,14-15H,5H2,1-4H3. The lowest BCUT2D eigenvalue weighted by Crippen LogP contribution is -2.12. The van der Waals surface area contributed by atoms with Gasteiger partial charge in [-0.3, -0.25) is 4.79 Å². The molecule has 0 saturated heterocycles. The van der Waals surface area contributed by atoms with E-state index in [1.165, 1.54) is 14.2 Å². The Kier molecular flexibility index (Phi) is 4.42. The fourth-order valence-electron chi connectivity index (χ4n) is 1.68. The number of rotatable bonds is 5. The number of methoxy groups -OCH3 is 2. The van der Waals surface area contributed by atoms with Gasteiger partial charge in [0, 0.05) is 12.0 Å². The number of hydrogen-bond acceptors (Lipinski definition) is 5. The maximum absolute atomic E-state index is 12.2. The number of phenols is 2. The molecule has 1 atom stereocenters. The number of aromatic hydroxyl groups is 2. The number of phenolic OH excluding ortho intramolecular Hbond substituents is 2. The molecule has 1 unspecified atom stereocenters. The summed E-state index contributed by atoms with van der Waals surface area (Å²) in [5.74, 6) is -0.977. The van der Waals surface area contributed by atoms with Crippen LogP contribution >= 0.6 is 0 Å². The first-order valence-corrected chi connectivity index (χ1v) is 5.68. The third-order valence-electron chi connectivity index (χ3n) is 2.91. The molecule has 0 bridgehead atoms. The summed E-state index contributed by atoms with van der Waals surface area (Å²) in [6, 6.07) is 1.08. The predicted molar refractivity (Wildman–Crippen MR) is 66.7 cm³/mol. The molecule has 1 aromatic rings. The summed E-state index contributed by atoms with van der Waals surface area (Å²) < 4.78 is 10.1. The molecule has 0 saturated carbocycles. The van der Waals surface area contributed by atoms with Crippen LogP contribution in [0.3, 0.4) is 0 Å². The lowest BCUT2D eigenvalue weighted by molar-refractivity contribution is 0.0920. The molecule has 0 fully saturated rings. The van der Waals surface area contributed by atoms with Gasteiger partial charge < -0.3 is 19.7 Å². The van der Waals surface area contributed by atoms with E-state index in [4.69, 9.17) is 9.47 Å². The molecule has 5 nitrogen and oxygen atoms in total. The van der Waals surface area contributed by atoms with Gasteiger partial charge in [-0.15, -0.1) is 0 Å². The van der Waals surface area contributed by atoms with Crippen LogP contribution in [0.2, 0.25) is 0 Å².